The Morgan fingerprint density at radius 2 is 1.23 bits per heavy atom. The van der Waals surface area contributed by atoms with E-state index >= 15 is 0 Å². The van der Waals surface area contributed by atoms with Crippen molar-refractivity contribution < 1.29 is 90.1 Å². The van der Waals surface area contributed by atoms with Gasteiger partial charge < -0.3 is 65.1 Å². The van der Waals surface area contributed by atoms with Crippen LogP contribution < -0.4 is 35.3 Å². The lowest BCUT2D eigenvalue weighted by Crippen LogP contribution is -2.46. The average molecular weight is 727 g/mol. The molecule has 2 amide bonds. The second-order valence-electron chi connectivity index (χ2n) is 10.4. The number of nitrogens with two attached hydrogens (primary N) is 2. The van der Waals surface area contributed by atoms with Gasteiger partial charge in [-0.3, -0.25) is 23.0 Å². The van der Waals surface area contributed by atoms with Gasteiger partial charge in [0.15, 0.2) is 37.0 Å². The summed E-state index contributed by atoms with van der Waals surface area (Å²) in [7, 11) is -17.6. The van der Waals surface area contributed by atoms with E-state index < -0.39 is 103 Å². The predicted octanol–water partition coefficient (Wildman–Crippen LogP) is -4.67. The van der Waals surface area contributed by atoms with Crippen molar-refractivity contribution >= 4 is 35.1 Å². The number of aromatic nitrogens is 2. The first-order valence-electron chi connectivity index (χ1n) is 13.4. The minimum Gasteiger partial charge on any atom is -0.778 e. The third kappa shape index (κ3) is 9.33. The maximum Gasteiger partial charge on any atom is 0.292 e. The smallest absolute Gasteiger partial charge is 0.292 e. The Kier molecular flexibility index (Phi) is 11.5. The van der Waals surface area contributed by atoms with Gasteiger partial charge in [-0.2, -0.15) is 9.13 Å². The van der Waals surface area contributed by atoms with Crippen molar-refractivity contribution in [1.29, 1.82) is 0 Å². The van der Waals surface area contributed by atoms with Crippen molar-refractivity contribution in [3.8, 4) is 0 Å². The van der Waals surface area contributed by atoms with Gasteiger partial charge in [-0.15, -0.1) is 0 Å². The van der Waals surface area contributed by atoms with E-state index in [9.17, 15) is 58.4 Å². The summed E-state index contributed by atoms with van der Waals surface area (Å²) in [4.78, 5) is 59.6. The summed E-state index contributed by atoms with van der Waals surface area (Å²) in [5.41, 5.74) is 10.5. The number of nitrogens with zero attached hydrogens (tertiary/aromatic N) is 2. The molecule has 2 aliphatic rings. The number of aliphatic hydroxyl groups is 4. The Balaban J connectivity index is 1.31. The molecule has 11 atom stereocenters. The van der Waals surface area contributed by atoms with Crippen LogP contribution in [0.25, 0.3) is 0 Å². The molecule has 24 heteroatoms. The van der Waals surface area contributed by atoms with E-state index in [0.717, 1.165) is 4.57 Å². The summed E-state index contributed by atoms with van der Waals surface area (Å²) < 4.78 is 62.2. The predicted molar refractivity (Wildman–Crippen MR) is 143 cm³/mol. The van der Waals surface area contributed by atoms with Crippen LogP contribution in [-0.4, -0.2) is 81.6 Å². The molecule has 2 aliphatic heterocycles. The maximum absolute atomic E-state index is 12.4. The lowest BCUT2D eigenvalue weighted by atomic mass is 10.1. The number of hydrogen-bond donors (Lipinski definition) is 6. The molecule has 3 unspecified atom stereocenters. The number of hydrogen-bond acceptors (Lipinski definition) is 17. The number of carbonyl (C=O) groups excluding carboxylic acids is 2. The SMILES string of the molecule is NC(=O)c1ccc[n+]([C@H]2O[C@H](CCP(=O)([O-])OP(=O)([O-])OP(=O)([O-])OC[C@H]3O[C@H]([n+]4cccc(C(N)=O)c4)[C@H](O)[C@@H]3O)[C@@H](O)[C@H]2O)c1. The third-order valence-electron chi connectivity index (χ3n) is 6.98. The first-order chi connectivity index (χ1) is 21.8. The fourth-order valence-electron chi connectivity index (χ4n) is 4.73. The Labute approximate surface area is 265 Å². The lowest BCUT2D eigenvalue weighted by Gasteiger charge is -2.35. The molecule has 260 valence electrons. The highest BCUT2D eigenvalue weighted by Crippen LogP contribution is 2.63. The molecule has 0 aromatic carbocycles. The zero-order chi connectivity index (χ0) is 34.9. The summed E-state index contributed by atoms with van der Waals surface area (Å²) in [5.74, 6) is -1.62. The molecule has 21 nitrogen and oxygen atoms in total. The molecule has 2 saturated heterocycles. The van der Waals surface area contributed by atoms with Crippen LogP contribution in [0, 0.1) is 0 Å². The Bertz CT molecular complexity index is 1520. The largest absolute Gasteiger partial charge is 0.778 e. The molecule has 47 heavy (non-hydrogen) atoms. The first-order valence-corrected chi connectivity index (χ1v) is 18.1. The van der Waals surface area contributed by atoms with Gasteiger partial charge >= 0.3 is 0 Å². The van der Waals surface area contributed by atoms with Crippen LogP contribution in [0.2, 0.25) is 0 Å². The number of ether oxygens (including phenoxy) is 2. The quantitative estimate of drug-likeness (QED) is 0.0786. The number of amides is 2. The van der Waals surface area contributed by atoms with E-state index in [-0.39, 0.29) is 11.1 Å². The fraction of sp³-hybridized carbons (Fsp3) is 0.478. The molecule has 4 heterocycles. The summed E-state index contributed by atoms with van der Waals surface area (Å²) in [5, 5.41) is 41.3. The van der Waals surface area contributed by atoms with Gasteiger partial charge in [-0.05, 0) is 18.6 Å². The average Bonchev–Trinajstić information content (AvgIpc) is 3.43. The Morgan fingerprint density at radius 3 is 1.72 bits per heavy atom. The van der Waals surface area contributed by atoms with Gasteiger partial charge in [-0.1, -0.05) is 0 Å². The van der Waals surface area contributed by atoms with Crippen molar-refractivity contribution in [1.82, 2.24) is 0 Å². The molecular formula is C23H30N4O17P3-. The standard InChI is InChI=1S/C23H31N4O17P3/c24-20(32)12-3-1-6-26(9-12)22-18(30)16(28)14(41-22)5-8-45(34,35)43-47(38,39)44-46(36,37)40-11-15-17(29)19(31)23(42-15)27-7-2-4-13(10-27)21(25)33/h1-4,6-7,9-10,14-19,22-23,28-31H,5,8,11H2,(H5-2,24,25,32,33,34,35,36,37,38,39)/p-1/t14-,15-,16-,17-,18-,19-,22+,23+/m1/s1. The molecule has 0 saturated carbocycles. The van der Waals surface area contributed by atoms with Gasteiger partial charge in [0, 0.05) is 18.3 Å². The Hall–Kier alpha value is -2.55. The highest BCUT2D eigenvalue weighted by molar-refractivity contribution is 7.66. The number of aliphatic hydroxyl groups excluding tert-OH is 4. The normalized spacial score (nSPS) is 31.5. The first kappa shape index (κ1) is 37.3. The van der Waals surface area contributed by atoms with Crippen LogP contribution in [0.5, 0.6) is 0 Å². The van der Waals surface area contributed by atoms with Crippen LogP contribution in [0.4, 0.5) is 0 Å². The zero-order valence-corrected chi connectivity index (χ0v) is 26.5. The van der Waals surface area contributed by atoms with Crippen LogP contribution in [0.3, 0.4) is 0 Å². The molecule has 0 spiro atoms. The maximum atomic E-state index is 12.4. The van der Waals surface area contributed by atoms with Gasteiger partial charge in [-0.25, -0.2) is 4.31 Å². The number of rotatable bonds is 14. The number of phosphoric acid groups is 2. The van der Waals surface area contributed by atoms with Crippen LogP contribution in [0.1, 0.15) is 39.6 Å². The molecule has 2 aromatic heterocycles. The summed E-state index contributed by atoms with van der Waals surface area (Å²) >= 11 is 0. The molecule has 8 N–H and O–H groups in total. The zero-order valence-electron chi connectivity index (χ0n) is 23.8. The fourth-order valence-corrected chi connectivity index (χ4v) is 8.73. The topological polar surface area (TPSA) is 341 Å². The van der Waals surface area contributed by atoms with E-state index in [4.69, 9.17) is 20.9 Å². The van der Waals surface area contributed by atoms with E-state index in [1.807, 2.05) is 0 Å². The molecule has 2 aromatic rings. The van der Waals surface area contributed by atoms with Crippen molar-refractivity contribution in [3.63, 3.8) is 0 Å². The van der Waals surface area contributed by atoms with Crippen LogP contribution >= 0.6 is 23.2 Å². The summed E-state index contributed by atoms with van der Waals surface area (Å²) in [6.07, 6.45) is -9.05. The van der Waals surface area contributed by atoms with E-state index in [1.54, 1.807) is 0 Å². The van der Waals surface area contributed by atoms with Crippen molar-refractivity contribution in [2.75, 3.05) is 12.8 Å². The van der Waals surface area contributed by atoms with Crippen molar-refractivity contribution in [3.05, 3.63) is 60.2 Å². The third-order valence-corrected chi connectivity index (χ3v) is 11.7. The molecule has 0 radical (unpaired) electrons. The molecular weight excluding hydrogens is 697 g/mol. The molecule has 2 fully saturated rings. The van der Waals surface area contributed by atoms with Crippen LogP contribution in [-0.2, 0) is 36.3 Å². The molecule has 0 bridgehead atoms. The highest BCUT2D eigenvalue weighted by Gasteiger charge is 2.50. The minimum absolute atomic E-state index is 0.0110. The van der Waals surface area contributed by atoms with E-state index in [1.165, 1.54) is 53.6 Å². The summed E-state index contributed by atoms with van der Waals surface area (Å²) in [6, 6.07) is 5.50. The monoisotopic (exact) mass is 727 g/mol. The number of primary amides is 2. The van der Waals surface area contributed by atoms with Crippen LogP contribution in [0.15, 0.2) is 49.1 Å². The van der Waals surface area contributed by atoms with Gasteiger partial charge in [0.2, 0.25) is 0 Å². The van der Waals surface area contributed by atoms with Gasteiger partial charge in [0.05, 0.1) is 12.7 Å². The molecule has 0 aliphatic carbocycles. The van der Waals surface area contributed by atoms with Gasteiger partial charge in [0.25, 0.3) is 39.9 Å². The second kappa shape index (κ2) is 14.5. The highest BCUT2D eigenvalue weighted by atomic mass is 31.3. The number of pyridine rings is 2. The minimum atomic E-state index is -6.19. The number of carbonyl (C=O) groups is 2. The van der Waals surface area contributed by atoms with Gasteiger partial charge in [0.1, 0.15) is 37.0 Å². The Morgan fingerprint density at radius 1 is 0.766 bits per heavy atom. The molecule has 4 rings (SSSR count). The lowest BCUT2D eigenvalue weighted by molar-refractivity contribution is -0.766. The summed E-state index contributed by atoms with van der Waals surface area (Å²) in [6.45, 7) is -1.11. The van der Waals surface area contributed by atoms with E-state index in [0.29, 0.717) is 0 Å². The van der Waals surface area contributed by atoms with Crippen molar-refractivity contribution in [2.45, 2.75) is 55.5 Å². The van der Waals surface area contributed by atoms with E-state index in [2.05, 4.69) is 13.1 Å². The second-order valence-corrected chi connectivity index (χ2v) is 15.4. The number of phosphoric ester groups is 1. The van der Waals surface area contributed by atoms with Crippen molar-refractivity contribution in [2.24, 2.45) is 11.5 Å².